The van der Waals surface area contributed by atoms with E-state index in [1.54, 1.807) is 18.2 Å². The summed E-state index contributed by atoms with van der Waals surface area (Å²) in [5.41, 5.74) is 4.20. The lowest BCUT2D eigenvalue weighted by Gasteiger charge is -2.12. The number of nitrogens with one attached hydrogen (secondary N) is 1. The van der Waals surface area contributed by atoms with Gasteiger partial charge in [-0.2, -0.15) is 5.10 Å². The molecule has 0 aliphatic rings. The lowest BCUT2D eigenvalue weighted by molar-refractivity contribution is -0.123. The van der Waals surface area contributed by atoms with E-state index >= 15 is 0 Å². The van der Waals surface area contributed by atoms with Gasteiger partial charge in [0.2, 0.25) is 0 Å². The second-order valence-corrected chi connectivity index (χ2v) is 6.89. The molecule has 3 aromatic rings. The Morgan fingerprint density at radius 3 is 2.48 bits per heavy atom. The van der Waals surface area contributed by atoms with E-state index in [2.05, 4.69) is 10.5 Å². The topological polar surface area (TPSA) is 69.2 Å². The maximum Gasteiger partial charge on any atom is 0.277 e. The van der Waals surface area contributed by atoms with Crippen molar-refractivity contribution < 1.29 is 19.0 Å². The Balaban J connectivity index is 1.55. The van der Waals surface area contributed by atoms with Crippen molar-refractivity contribution in [2.24, 2.45) is 5.10 Å². The monoisotopic (exact) mass is 438 g/mol. The third-order valence-corrected chi connectivity index (χ3v) is 4.34. The predicted molar refractivity (Wildman–Crippen MR) is 121 cm³/mol. The van der Waals surface area contributed by atoms with Crippen LogP contribution in [0.5, 0.6) is 17.2 Å². The lowest BCUT2D eigenvalue weighted by Crippen LogP contribution is -2.24. The normalized spacial score (nSPS) is 10.6. The molecule has 0 aliphatic carbocycles. The second-order valence-electron chi connectivity index (χ2n) is 6.45. The summed E-state index contributed by atoms with van der Waals surface area (Å²) in [6.45, 7) is 2.66. The van der Waals surface area contributed by atoms with Crippen molar-refractivity contribution in [2.75, 3.05) is 13.2 Å². The van der Waals surface area contributed by atoms with Crippen LogP contribution < -0.4 is 19.6 Å². The first-order valence-corrected chi connectivity index (χ1v) is 10.2. The van der Waals surface area contributed by atoms with E-state index in [9.17, 15) is 4.79 Å². The van der Waals surface area contributed by atoms with E-state index in [0.717, 1.165) is 11.1 Å². The number of amides is 1. The summed E-state index contributed by atoms with van der Waals surface area (Å²) >= 11 is 5.91. The van der Waals surface area contributed by atoms with E-state index in [4.69, 9.17) is 25.8 Å². The Morgan fingerprint density at radius 2 is 1.74 bits per heavy atom. The second kappa shape index (κ2) is 11.6. The molecule has 0 radical (unpaired) electrons. The minimum atomic E-state index is -0.354. The van der Waals surface area contributed by atoms with Crippen LogP contribution in [0.3, 0.4) is 0 Å². The molecule has 0 bridgehead atoms. The average Bonchev–Trinajstić information content (AvgIpc) is 2.79. The molecule has 0 unspecified atom stereocenters. The number of hydrogen-bond donors (Lipinski definition) is 1. The number of carbonyl (C=O) groups is 1. The number of nitrogens with zero attached hydrogens (tertiary/aromatic N) is 1. The van der Waals surface area contributed by atoms with Gasteiger partial charge in [-0.15, -0.1) is 0 Å². The van der Waals surface area contributed by atoms with E-state index < -0.39 is 0 Å². The molecular weight excluding hydrogens is 416 g/mol. The molecule has 31 heavy (non-hydrogen) atoms. The fraction of sp³-hybridized carbons (Fsp3) is 0.167. The number of benzene rings is 3. The number of para-hydroxylation sites is 1. The molecule has 0 atom stereocenters. The van der Waals surface area contributed by atoms with E-state index in [-0.39, 0.29) is 12.5 Å². The Morgan fingerprint density at radius 1 is 0.968 bits per heavy atom. The van der Waals surface area contributed by atoms with Crippen LogP contribution in [-0.4, -0.2) is 25.3 Å². The van der Waals surface area contributed by atoms with E-state index in [1.165, 1.54) is 6.21 Å². The smallest absolute Gasteiger partial charge is 0.277 e. The van der Waals surface area contributed by atoms with Crippen molar-refractivity contribution in [3.63, 3.8) is 0 Å². The van der Waals surface area contributed by atoms with Crippen LogP contribution in [0.15, 0.2) is 77.9 Å². The van der Waals surface area contributed by atoms with Gasteiger partial charge in [-0.3, -0.25) is 4.79 Å². The zero-order valence-electron chi connectivity index (χ0n) is 17.1. The zero-order chi connectivity index (χ0) is 21.9. The van der Waals surface area contributed by atoms with Gasteiger partial charge in [-0.1, -0.05) is 41.9 Å². The van der Waals surface area contributed by atoms with E-state index in [1.807, 2.05) is 61.5 Å². The molecule has 0 aromatic heterocycles. The predicted octanol–water partition coefficient (Wildman–Crippen LogP) is 4.85. The van der Waals surface area contributed by atoms with Crippen LogP contribution in [0, 0.1) is 0 Å². The van der Waals surface area contributed by atoms with Crippen molar-refractivity contribution in [2.45, 2.75) is 13.5 Å². The van der Waals surface area contributed by atoms with Crippen LogP contribution in [0.2, 0.25) is 5.02 Å². The van der Waals surface area contributed by atoms with Gasteiger partial charge in [0.15, 0.2) is 18.1 Å². The molecule has 0 fully saturated rings. The largest absolute Gasteiger partial charge is 0.490 e. The van der Waals surface area contributed by atoms with Gasteiger partial charge in [0.1, 0.15) is 12.4 Å². The molecule has 0 saturated carbocycles. The van der Waals surface area contributed by atoms with Gasteiger partial charge >= 0.3 is 0 Å². The number of hydrazone groups is 1. The highest BCUT2D eigenvalue weighted by atomic mass is 35.5. The number of ether oxygens (including phenoxy) is 3. The summed E-state index contributed by atoms with van der Waals surface area (Å²) in [5.74, 6) is 1.48. The van der Waals surface area contributed by atoms with Gasteiger partial charge in [-0.25, -0.2) is 5.43 Å². The van der Waals surface area contributed by atoms with Crippen LogP contribution in [0.25, 0.3) is 0 Å². The molecule has 7 heteroatoms. The maximum absolute atomic E-state index is 11.9. The highest BCUT2D eigenvalue weighted by Gasteiger charge is 2.07. The van der Waals surface area contributed by atoms with Gasteiger partial charge < -0.3 is 14.2 Å². The van der Waals surface area contributed by atoms with Crippen molar-refractivity contribution in [3.8, 4) is 17.2 Å². The van der Waals surface area contributed by atoms with Crippen LogP contribution in [0.4, 0.5) is 0 Å². The first-order chi connectivity index (χ1) is 15.1. The van der Waals surface area contributed by atoms with Gasteiger partial charge in [-0.05, 0) is 60.5 Å². The summed E-state index contributed by atoms with van der Waals surface area (Å²) in [6.07, 6.45) is 1.53. The summed E-state index contributed by atoms with van der Waals surface area (Å²) in [7, 11) is 0. The fourth-order valence-corrected chi connectivity index (χ4v) is 2.74. The van der Waals surface area contributed by atoms with Gasteiger partial charge in [0.05, 0.1) is 12.8 Å². The third kappa shape index (κ3) is 7.35. The molecule has 1 amide bonds. The zero-order valence-corrected chi connectivity index (χ0v) is 17.8. The Hall–Kier alpha value is -3.51. The lowest BCUT2D eigenvalue weighted by atomic mass is 10.2. The molecule has 160 valence electrons. The van der Waals surface area contributed by atoms with Crippen molar-refractivity contribution >= 4 is 23.7 Å². The molecule has 0 saturated heterocycles. The molecule has 0 aliphatic heterocycles. The number of hydrogen-bond acceptors (Lipinski definition) is 5. The number of carbonyl (C=O) groups excluding carboxylic acids is 1. The Bertz CT molecular complexity index is 1010. The van der Waals surface area contributed by atoms with Crippen LogP contribution >= 0.6 is 11.6 Å². The fourth-order valence-electron chi connectivity index (χ4n) is 2.61. The summed E-state index contributed by atoms with van der Waals surface area (Å²) < 4.78 is 17.0. The average molecular weight is 439 g/mol. The first kappa shape index (κ1) is 22.2. The number of rotatable bonds is 10. The molecule has 3 rings (SSSR count). The van der Waals surface area contributed by atoms with Crippen molar-refractivity contribution in [3.05, 3.63) is 88.9 Å². The van der Waals surface area contributed by atoms with Crippen LogP contribution in [0.1, 0.15) is 18.1 Å². The molecular formula is C24H23ClN2O4. The van der Waals surface area contributed by atoms with Crippen LogP contribution in [-0.2, 0) is 11.4 Å². The Kier molecular flexibility index (Phi) is 8.31. The quantitative estimate of drug-likeness (QED) is 0.363. The van der Waals surface area contributed by atoms with Gasteiger partial charge in [0, 0.05) is 5.02 Å². The molecule has 6 nitrogen and oxygen atoms in total. The molecule has 0 heterocycles. The summed E-state index contributed by atoms with van der Waals surface area (Å²) in [6, 6.07) is 22.0. The highest BCUT2D eigenvalue weighted by Crippen LogP contribution is 2.29. The third-order valence-electron chi connectivity index (χ3n) is 4.09. The maximum atomic E-state index is 11.9. The SMILES string of the molecule is CCOc1cc(/C=N/NC(=O)COc2ccccc2)ccc1OCc1ccc(Cl)cc1. The standard InChI is InChI=1S/C24H23ClN2O4/c1-2-29-23-14-19(10-13-22(23)31-16-18-8-11-20(25)12-9-18)15-26-27-24(28)17-30-21-6-4-3-5-7-21/h3-15H,2,16-17H2,1H3,(H,27,28)/b26-15+. The summed E-state index contributed by atoms with van der Waals surface area (Å²) in [5, 5.41) is 4.65. The summed E-state index contributed by atoms with van der Waals surface area (Å²) in [4.78, 5) is 11.9. The van der Waals surface area contributed by atoms with Gasteiger partial charge in [0.25, 0.3) is 5.91 Å². The molecule has 3 aromatic carbocycles. The Labute approximate surface area is 186 Å². The van der Waals surface area contributed by atoms with Crippen molar-refractivity contribution in [1.29, 1.82) is 0 Å². The molecule has 1 N–H and O–H groups in total. The minimum absolute atomic E-state index is 0.122. The molecule has 0 spiro atoms. The van der Waals surface area contributed by atoms with Crippen molar-refractivity contribution in [1.82, 2.24) is 5.43 Å². The highest BCUT2D eigenvalue weighted by molar-refractivity contribution is 6.30. The minimum Gasteiger partial charge on any atom is -0.490 e. The van der Waals surface area contributed by atoms with E-state index in [0.29, 0.717) is 35.5 Å². The number of halogens is 1. The first-order valence-electron chi connectivity index (χ1n) is 9.78.